The maximum absolute atomic E-state index is 10.1. The number of ether oxygens (including phenoxy) is 1. The van der Waals surface area contributed by atoms with Gasteiger partial charge in [-0.15, -0.1) is 0 Å². The molecule has 0 fully saturated rings. The largest absolute Gasteiger partial charge is 0.637 e. The molecule has 0 N–H and O–H groups in total. The van der Waals surface area contributed by atoms with Crippen LogP contribution in [0.3, 0.4) is 0 Å². The summed E-state index contributed by atoms with van der Waals surface area (Å²) in [5, 5.41) is 0. The third kappa shape index (κ3) is 11.2. The average molecular weight is 220 g/mol. The molecule has 59 valence electrons. The summed E-state index contributed by atoms with van der Waals surface area (Å²) in [5.74, 6) is -0.458. The molecule has 1 radical (unpaired) electrons. The van der Waals surface area contributed by atoms with E-state index >= 15 is 0 Å². The van der Waals surface area contributed by atoms with Gasteiger partial charge in [0.2, 0.25) is 0 Å². The quantitative estimate of drug-likeness (QED) is 0.384. The van der Waals surface area contributed by atoms with Crippen LogP contribution >= 0.6 is 0 Å². The second kappa shape index (κ2) is 12.0. The van der Waals surface area contributed by atoms with Crippen LogP contribution in [0.4, 0.5) is 0 Å². The molecule has 2 nitrogen and oxygen atoms in total. The molecule has 0 heterocycles. The summed E-state index contributed by atoms with van der Waals surface area (Å²) in [5.41, 5.74) is 0.370. The Hall–Kier alpha value is 0.314. The van der Waals surface area contributed by atoms with Gasteiger partial charge in [-0.25, -0.2) is 4.79 Å². The molecule has 10 heavy (non-hydrogen) atoms. The third-order valence-corrected chi connectivity index (χ3v) is 0.480. The normalized spacial score (nSPS) is 5.40. The molecule has 0 saturated heterocycles. The number of esters is 1. The van der Waals surface area contributed by atoms with Gasteiger partial charge < -0.3 is 4.74 Å². The molecule has 0 atom stereocenters. The average Bonchev–Trinajstić information content (AvgIpc) is 1.65. The first-order valence-electron chi connectivity index (χ1n) is 1.80. The van der Waals surface area contributed by atoms with Gasteiger partial charge in [0.25, 0.3) is 0 Å². The fourth-order valence-corrected chi connectivity index (χ4v) is 0.123. The van der Waals surface area contributed by atoms with E-state index in [0.717, 1.165) is 0 Å². The SMILES string of the molecule is C.C.C=C(C)C(=O)O[CH2-].[Y]. The Balaban J connectivity index is -0.0000000600. The summed E-state index contributed by atoms with van der Waals surface area (Å²) in [6, 6.07) is 0. The predicted molar refractivity (Wildman–Crippen MR) is 39.7 cm³/mol. The number of carbonyl (C=O) groups excluding carboxylic acids is 1. The second-order valence-electron chi connectivity index (χ2n) is 1.21. The first kappa shape index (κ1) is 22.4. The van der Waals surface area contributed by atoms with Gasteiger partial charge in [0, 0.05) is 38.3 Å². The molecule has 0 aliphatic heterocycles. The Labute approximate surface area is 88.9 Å². The summed E-state index contributed by atoms with van der Waals surface area (Å²) in [6.45, 7) is 4.87. The van der Waals surface area contributed by atoms with Gasteiger partial charge in [-0.05, 0) is 6.92 Å². The summed E-state index contributed by atoms with van der Waals surface area (Å²) < 4.78 is 4.02. The smallest absolute Gasteiger partial charge is 0.301 e. The van der Waals surface area contributed by atoms with Crippen molar-refractivity contribution in [3.05, 3.63) is 19.3 Å². The summed E-state index contributed by atoms with van der Waals surface area (Å²) in [4.78, 5) is 10.1. The van der Waals surface area contributed by atoms with Crippen LogP contribution in [-0.2, 0) is 42.2 Å². The Morgan fingerprint density at radius 1 is 1.50 bits per heavy atom. The Bertz CT molecular complexity index is 99.8. The van der Waals surface area contributed by atoms with Gasteiger partial charge in [-0.2, -0.15) is 7.11 Å². The second-order valence-corrected chi connectivity index (χ2v) is 1.21. The molecule has 0 aromatic heterocycles. The van der Waals surface area contributed by atoms with E-state index in [0.29, 0.717) is 5.57 Å². The van der Waals surface area contributed by atoms with E-state index in [4.69, 9.17) is 0 Å². The van der Waals surface area contributed by atoms with Crippen LogP contribution in [0, 0.1) is 7.11 Å². The molecule has 0 aliphatic rings. The van der Waals surface area contributed by atoms with Crippen LogP contribution in [0.25, 0.3) is 0 Å². The summed E-state index contributed by atoms with van der Waals surface area (Å²) in [6.07, 6.45) is 0. The zero-order valence-electron chi connectivity index (χ0n) is 4.81. The fraction of sp³-hybridized carbons (Fsp3) is 0.429. The van der Waals surface area contributed by atoms with Gasteiger partial charge in [0.1, 0.15) is 0 Å². The van der Waals surface area contributed by atoms with Gasteiger partial charge in [-0.3, -0.25) is 0 Å². The number of hydrogen-bond acceptors (Lipinski definition) is 2. The molecule has 0 unspecified atom stereocenters. The maximum Gasteiger partial charge on any atom is 0.301 e. The van der Waals surface area contributed by atoms with Gasteiger partial charge in [0.05, 0.1) is 0 Å². The van der Waals surface area contributed by atoms with E-state index < -0.39 is 5.97 Å². The molecule has 0 spiro atoms. The van der Waals surface area contributed by atoms with E-state index in [-0.39, 0.29) is 47.6 Å². The van der Waals surface area contributed by atoms with Crippen molar-refractivity contribution in [2.45, 2.75) is 21.8 Å². The van der Waals surface area contributed by atoms with Crippen LogP contribution < -0.4 is 0 Å². The van der Waals surface area contributed by atoms with E-state index in [9.17, 15) is 4.79 Å². The Morgan fingerprint density at radius 3 is 1.80 bits per heavy atom. The summed E-state index contributed by atoms with van der Waals surface area (Å²) >= 11 is 0. The van der Waals surface area contributed by atoms with Crippen molar-refractivity contribution in [3.63, 3.8) is 0 Å². The standard InChI is InChI=1S/C5H7O2.2CH4.Y/c1-4(2)5(6)7-3;;;/h1,3H2,2H3;2*1H4;/q-1;;;. The monoisotopic (exact) mass is 220 g/mol. The first-order valence-corrected chi connectivity index (χ1v) is 1.80. The van der Waals surface area contributed by atoms with E-state index in [1.54, 1.807) is 6.92 Å². The van der Waals surface area contributed by atoms with E-state index in [1.165, 1.54) is 0 Å². The molecule has 0 rings (SSSR count). The zero-order chi connectivity index (χ0) is 5.86. The molecule has 0 aromatic carbocycles. The molecule has 0 aliphatic carbocycles. The molecule has 0 amide bonds. The van der Waals surface area contributed by atoms with Gasteiger partial charge >= 0.3 is 5.97 Å². The first-order chi connectivity index (χ1) is 3.18. The van der Waals surface area contributed by atoms with Crippen LogP contribution in [0.2, 0.25) is 0 Å². The molecular weight excluding hydrogens is 205 g/mol. The maximum atomic E-state index is 10.1. The van der Waals surface area contributed by atoms with Crippen LogP contribution in [-0.4, -0.2) is 5.97 Å². The predicted octanol–water partition coefficient (Wildman–Crippen LogP) is 2.17. The van der Waals surface area contributed by atoms with Crippen LogP contribution in [0.15, 0.2) is 12.2 Å². The van der Waals surface area contributed by atoms with Crippen molar-refractivity contribution in [2.24, 2.45) is 0 Å². The number of rotatable bonds is 1. The van der Waals surface area contributed by atoms with Gasteiger partial charge in [-0.1, -0.05) is 21.4 Å². The van der Waals surface area contributed by atoms with Crippen LogP contribution in [0.5, 0.6) is 0 Å². The minimum atomic E-state index is -0.458. The van der Waals surface area contributed by atoms with Crippen molar-refractivity contribution < 1.29 is 42.2 Å². The zero-order valence-corrected chi connectivity index (χ0v) is 7.65. The van der Waals surface area contributed by atoms with Crippen molar-refractivity contribution in [1.82, 2.24) is 0 Å². The van der Waals surface area contributed by atoms with E-state index in [2.05, 4.69) is 18.4 Å². The third-order valence-electron chi connectivity index (χ3n) is 0.480. The fourth-order valence-electron chi connectivity index (χ4n) is 0.123. The summed E-state index contributed by atoms with van der Waals surface area (Å²) in [7, 11) is 2.90. The van der Waals surface area contributed by atoms with Crippen LogP contribution in [0.1, 0.15) is 21.8 Å². The molecule has 0 bridgehead atoms. The van der Waals surface area contributed by atoms with Crippen molar-refractivity contribution in [2.75, 3.05) is 0 Å². The topological polar surface area (TPSA) is 26.3 Å². The van der Waals surface area contributed by atoms with Gasteiger partial charge in [0.15, 0.2) is 0 Å². The van der Waals surface area contributed by atoms with Crippen molar-refractivity contribution >= 4 is 5.97 Å². The van der Waals surface area contributed by atoms with E-state index in [1.807, 2.05) is 0 Å². The molecular formula is C7H15O2Y-. The number of carbonyl (C=O) groups is 1. The van der Waals surface area contributed by atoms with Crippen molar-refractivity contribution in [1.29, 1.82) is 0 Å². The molecule has 3 heteroatoms. The molecule has 0 saturated carbocycles. The number of hydrogen-bond donors (Lipinski definition) is 0. The Morgan fingerprint density at radius 2 is 1.80 bits per heavy atom. The Kier molecular flexibility index (Phi) is 27.0. The molecule has 0 aromatic rings. The minimum Gasteiger partial charge on any atom is -0.637 e. The minimum absolute atomic E-state index is 0. The van der Waals surface area contributed by atoms with Crippen molar-refractivity contribution in [3.8, 4) is 0 Å².